The number of ether oxygens (including phenoxy) is 1. The Hall–Kier alpha value is -4.02. The van der Waals surface area contributed by atoms with Crippen molar-refractivity contribution in [3.05, 3.63) is 71.4 Å². The number of piperidine rings is 1. The molecule has 1 fully saturated rings. The Bertz CT molecular complexity index is 1290. The van der Waals surface area contributed by atoms with E-state index >= 15 is 0 Å². The van der Waals surface area contributed by atoms with Gasteiger partial charge < -0.3 is 15.2 Å². The molecule has 0 unspecified atom stereocenters. The molecule has 10 nitrogen and oxygen atoms in total. The monoisotopic (exact) mass is 506 g/mol. The lowest BCUT2D eigenvalue weighted by molar-refractivity contribution is -0.139. The lowest BCUT2D eigenvalue weighted by Crippen LogP contribution is -2.57. The van der Waals surface area contributed by atoms with Gasteiger partial charge in [-0.2, -0.15) is 0 Å². The van der Waals surface area contributed by atoms with E-state index in [0.717, 1.165) is 22.2 Å². The highest BCUT2D eigenvalue weighted by atomic mass is 16.5. The van der Waals surface area contributed by atoms with E-state index in [1.807, 2.05) is 37.3 Å². The molecular formula is C27H30N4O6. The summed E-state index contributed by atoms with van der Waals surface area (Å²) in [5.74, 6) is -1.31. The summed E-state index contributed by atoms with van der Waals surface area (Å²) in [6.45, 7) is 2.99. The number of hydroxylamine groups is 1. The first-order valence-corrected chi connectivity index (χ1v) is 12.0. The molecule has 0 bridgehead atoms. The van der Waals surface area contributed by atoms with Crippen LogP contribution in [0.25, 0.3) is 10.9 Å². The molecule has 0 saturated carbocycles. The zero-order valence-corrected chi connectivity index (χ0v) is 20.6. The molecule has 2 aromatic carbocycles. The van der Waals surface area contributed by atoms with Gasteiger partial charge in [-0.3, -0.25) is 29.5 Å². The second kappa shape index (κ2) is 11.4. The molecule has 1 aromatic heterocycles. The Balaban J connectivity index is 1.41. The third-order valence-electron chi connectivity index (χ3n) is 6.62. The lowest BCUT2D eigenvalue weighted by Gasteiger charge is -2.41. The van der Waals surface area contributed by atoms with Crippen LogP contribution in [-0.4, -0.2) is 63.2 Å². The van der Waals surface area contributed by atoms with Gasteiger partial charge in [0, 0.05) is 35.3 Å². The fraction of sp³-hybridized carbons (Fsp3) is 0.333. The molecule has 0 spiro atoms. The summed E-state index contributed by atoms with van der Waals surface area (Å²) >= 11 is 0. The van der Waals surface area contributed by atoms with Crippen molar-refractivity contribution in [3.63, 3.8) is 0 Å². The van der Waals surface area contributed by atoms with Crippen LogP contribution < -0.4 is 15.5 Å². The SMILES string of the molecule is Cc1cc(COc2ccc(C(=O)NC3(CC(=O)NO)CCN(CC(=O)O)CC3)cc2)c2ccccc2n1. The molecule has 0 aliphatic carbocycles. The molecule has 2 amide bonds. The number of fused-ring (bicyclic) bond motifs is 1. The maximum Gasteiger partial charge on any atom is 0.317 e. The molecule has 10 heteroatoms. The van der Waals surface area contributed by atoms with E-state index in [0.29, 0.717) is 43.9 Å². The van der Waals surface area contributed by atoms with E-state index in [4.69, 9.17) is 15.1 Å². The number of carboxylic acid groups (broad SMARTS) is 1. The van der Waals surface area contributed by atoms with Crippen molar-refractivity contribution in [1.29, 1.82) is 0 Å². The number of hydrogen-bond donors (Lipinski definition) is 4. The number of nitrogens with zero attached hydrogens (tertiary/aromatic N) is 2. The zero-order valence-electron chi connectivity index (χ0n) is 20.6. The molecular weight excluding hydrogens is 476 g/mol. The van der Waals surface area contributed by atoms with Crippen molar-refractivity contribution in [2.75, 3.05) is 19.6 Å². The number of benzene rings is 2. The minimum Gasteiger partial charge on any atom is -0.489 e. The van der Waals surface area contributed by atoms with E-state index in [-0.39, 0.29) is 18.9 Å². The fourth-order valence-electron chi connectivity index (χ4n) is 4.71. The Labute approximate surface area is 214 Å². The first-order valence-electron chi connectivity index (χ1n) is 12.0. The van der Waals surface area contributed by atoms with Gasteiger partial charge in [0.05, 0.1) is 24.0 Å². The average molecular weight is 507 g/mol. The molecule has 194 valence electrons. The highest BCUT2D eigenvalue weighted by Crippen LogP contribution is 2.27. The summed E-state index contributed by atoms with van der Waals surface area (Å²) in [4.78, 5) is 42.3. The van der Waals surface area contributed by atoms with E-state index in [1.165, 1.54) is 0 Å². The molecule has 4 N–H and O–H groups in total. The number of nitrogens with one attached hydrogen (secondary N) is 2. The van der Waals surface area contributed by atoms with Gasteiger partial charge in [-0.15, -0.1) is 0 Å². The fourth-order valence-corrected chi connectivity index (χ4v) is 4.71. The molecule has 0 radical (unpaired) electrons. The van der Waals surface area contributed by atoms with Gasteiger partial charge in [0.15, 0.2) is 0 Å². The second-order valence-electron chi connectivity index (χ2n) is 9.37. The zero-order chi connectivity index (χ0) is 26.4. The lowest BCUT2D eigenvalue weighted by atomic mass is 9.83. The number of hydrogen-bond acceptors (Lipinski definition) is 7. The van der Waals surface area contributed by atoms with E-state index in [9.17, 15) is 14.4 Å². The number of likely N-dealkylation sites (tertiary alicyclic amines) is 1. The summed E-state index contributed by atoms with van der Waals surface area (Å²) < 4.78 is 5.98. The van der Waals surface area contributed by atoms with Crippen LogP contribution in [0.3, 0.4) is 0 Å². The molecule has 1 aliphatic rings. The number of carbonyl (C=O) groups excluding carboxylic acids is 2. The van der Waals surface area contributed by atoms with Crippen LogP contribution >= 0.6 is 0 Å². The van der Waals surface area contributed by atoms with Crippen LogP contribution in [0.2, 0.25) is 0 Å². The topological polar surface area (TPSA) is 141 Å². The van der Waals surface area contributed by atoms with E-state index in [1.54, 1.807) is 34.6 Å². The normalized spacial score (nSPS) is 15.2. The van der Waals surface area contributed by atoms with Gasteiger partial charge in [-0.05, 0) is 56.2 Å². The summed E-state index contributed by atoms with van der Waals surface area (Å²) in [5, 5.41) is 22.0. The smallest absolute Gasteiger partial charge is 0.317 e. The Morgan fingerprint density at radius 1 is 1.08 bits per heavy atom. The third kappa shape index (κ3) is 6.60. The van der Waals surface area contributed by atoms with Gasteiger partial charge in [0.25, 0.3) is 5.91 Å². The van der Waals surface area contributed by atoms with Crippen molar-refractivity contribution >= 4 is 28.7 Å². The third-order valence-corrected chi connectivity index (χ3v) is 6.62. The van der Waals surface area contributed by atoms with Crippen LogP contribution in [-0.2, 0) is 16.2 Å². The number of aryl methyl sites for hydroxylation is 1. The minimum atomic E-state index is -0.931. The van der Waals surface area contributed by atoms with Crippen molar-refractivity contribution in [1.82, 2.24) is 20.7 Å². The predicted octanol–water partition coefficient (Wildman–Crippen LogP) is 2.67. The average Bonchev–Trinajstić information content (AvgIpc) is 2.88. The maximum atomic E-state index is 13.1. The van der Waals surface area contributed by atoms with Crippen LogP contribution in [0.1, 0.15) is 40.9 Å². The molecule has 4 rings (SSSR count). The predicted molar refractivity (Wildman–Crippen MR) is 135 cm³/mol. The number of pyridine rings is 1. The molecule has 1 aliphatic heterocycles. The molecule has 1 saturated heterocycles. The minimum absolute atomic E-state index is 0.105. The Morgan fingerprint density at radius 2 is 1.78 bits per heavy atom. The number of aromatic nitrogens is 1. The van der Waals surface area contributed by atoms with E-state index in [2.05, 4.69) is 10.3 Å². The van der Waals surface area contributed by atoms with Crippen LogP contribution in [0.4, 0.5) is 0 Å². The first-order chi connectivity index (χ1) is 17.8. The maximum absolute atomic E-state index is 13.1. The molecule has 3 aromatic rings. The van der Waals surface area contributed by atoms with Crippen LogP contribution in [0.15, 0.2) is 54.6 Å². The Kier molecular flexibility index (Phi) is 8.00. The van der Waals surface area contributed by atoms with Gasteiger partial charge in [0.1, 0.15) is 12.4 Å². The van der Waals surface area contributed by atoms with E-state index < -0.39 is 17.4 Å². The summed E-state index contributed by atoms with van der Waals surface area (Å²) in [6.07, 6.45) is 0.635. The molecule has 2 heterocycles. The largest absolute Gasteiger partial charge is 0.489 e. The van der Waals surface area contributed by atoms with Crippen molar-refractivity contribution in [2.45, 2.75) is 38.3 Å². The number of carboxylic acids is 1. The number of rotatable bonds is 9. The van der Waals surface area contributed by atoms with Gasteiger partial charge in [-0.1, -0.05) is 18.2 Å². The van der Waals surface area contributed by atoms with Crippen molar-refractivity contribution < 1.29 is 29.4 Å². The number of amides is 2. The number of para-hydroxylation sites is 1. The Morgan fingerprint density at radius 3 is 2.46 bits per heavy atom. The first kappa shape index (κ1) is 26.1. The van der Waals surface area contributed by atoms with Crippen molar-refractivity contribution in [2.24, 2.45) is 0 Å². The quantitative estimate of drug-likeness (QED) is 0.256. The number of carbonyl (C=O) groups is 3. The molecule has 37 heavy (non-hydrogen) atoms. The highest BCUT2D eigenvalue weighted by Gasteiger charge is 2.38. The standard InChI is InChI=1S/C27H30N4O6/c1-18-14-20(22-4-2-3-5-23(22)28-18)17-37-21-8-6-19(7-9-21)26(35)29-27(15-24(32)30-36)10-12-31(13-11-27)16-25(33)34/h2-9,14,36H,10-13,15-17H2,1H3,(H,29,35)(H,30,32)(H,33,34). The van der Waals surface area contributed by atoms with Crippen LogP contribution in [0, 0.1) is 6.92 Å². The second-order valence-corrected chi connectivity index (χ2v) is 9.37. The highest BCUT2D eigenvalue weighted by molar-refractivity contribution is 5.95. The van der Waals surface area contributed by atoms with Crippen molar-refractivity contribution in [3.8, 4) is 5.75 Å². The molecule has 0 atom stereocenters. The summed E-state index contributed by atoms with van der Waals surface area (Å²) in [6, 6.07) is 16.6. The summed E-state index contributed by atoms with van der Waals surface area (Å²) in [5.41, 5.74) is 3.96. The van der Waals surface area contributed by atoms with Gasteiger partial charge in [-0.25, -0.2) is 5.48 Å². The van der Waals surface area contributed by atoms with Gasteiger partial charge >= 0.3 is 5.97 Å². The summed E-state index contributed by atoms with van der Waals surface area (Å²) in [7, 11) is 0. The van der Waals surface area contributed by atoms with Crippen LogP contribution in [0.5, 0.6) is 5.75 Å². The van der Waals surface area contributed by atoms with Gasteiger partial charge in [0.2, 0.25) is 5.91 Å². The number of aliphatic carboxylic acids is 1.